The van der Waals surface area contributed by atoms with E-state index in [0.29, 0.717) is 27.7 Å². The first kappa shape index (κ1) is 23.6. The van der Waals surface area contributed by atoms with Gasteiger partial charge in [0.2, 0.25) is 0 Å². The number of hydrogen-bond donors (Lipinski definition) is 3. The minimum absolute atomic E-state index is 0.00675. The zero-order chi connectivity index (χ0) is 25.6. The van der Waals surface area contributed by atoms with Gasteiger partial charge in [-0.3, -0.25) is 24.6 Å². The van der Waals surface area contributed by atoms with Crippen LogP contribution in [0.5, 0.6) is 0 Å². The molecule has 1 aromatic heterocycles. The van der Waals surface area contributed by atoms with E-state index < -0.39 is 29.7 Å². The summed E-state index contributed by atoms with van der Waals surface area (Å²) in [5, 5.41) is 15.0. The zero-order valence-corrected chi connectivity index (χ0v) is 20.2. The highest BCUT2D eigenvalue weighted by Crippen LogP contribution is 2.35. The fourth-order valence-corrected chi connectivity index (χ4v) is 4.67. The third kappa shape index (κ3) is 4.20. The van der Waals surface area contributed by atoms with E-state index in [4.69, 9.17) is 4.74 Å². The molecule has 1 saturated heterocycles. The molecule has 186 valence electrons. The van der Waals surface area contributed by atoms with Crippen LogP contribution in [0, 0.1) is 0 Å². The summed E-state index contributed by atoms with van der Waals surface area (Å²) in [6, 6.07) is 13.7. The molecule has 0 bridgehead atoms. The van der Waals surface area contributed by atoms with Crippen molar-refractivity contribution in [2.24, 2.45) is 5.10 Å². The molecule has 2 aromatic carbocycles. The maximum atomic E-state index is 13.6. The smallest absolute Gasteiger partial charge is 0.411 e. The maximum absolute atomic E-state index is 13.6. The summed E-state index contributed by atoms with van der Waals surface area (Å²) in [5.41, 5.74) is 7.82. The number of nitrogens with zero attached hydrogens (tertiary/aromatic N) is 3. The molecule has 2 aliphatic heterocycles. The van der Waals surface area contributed by atoms with Gasteiger partial charge in [-0.1, -0.05) is 36.4 Å². The fraction of sp³-hybridized carbons (Fsp3) is 0.308. The molecule has 0 saturated carbocycles. The lowest BCUT2D eigenvalue weighted by molar-refractivity contribution is -0.121. The predicted octanol–water partition coefficient (Wildman–Crippen LogP) is 2.83. The second-order valence-corrected chi connectivity index (χ2v) is 9.88. The molecule has 0 unspecified atom stereocenters. The van der Waals surface area contributed by atoms with Crippen LogP contribution in [-0.4, -0.2) is 63.1 Å². The second-order valence-electron chi connectivity index (χ2n) is 9.88. The average Bonchev–Trinajstić information content (AvgIpc) is 3.31. The number of benzene rings is 2. The van der Waals surface area contributed by atoms with Gasteiger partial charge in [-0.15, -0.1) is 0 Å². The molecule has 3 aromatic rings. The van der Waals surface area contributed by atoms with E-state index in [9.17, 15) is 19.5 Å². The highest BCUT2D eigenvalue weighted by Gasteiger charge is 2.41. The van der Waals surface area contributed by atoms with E-state index in [-0.39, 0.29) is 18.9 Å². The molecule has 2 atom stereocenters. The number of rotatable bonds is 3. The lowest BCUT2D eigenvalue weighted by Crippen LogP contribution is -2.47. The molecule has 2 aliphatic rings. The third-order valence-electron chi connectivity index (χ3n) is 6.11. The third-order valence-corrected chi connectivity index (χ3v) is 6.11. The Morgan fingerprint density at radius 2 is 1.89 bits per heavy atom. The van der Waals surface area contributed by atoms with Crippen LogP contribution in [0.3, 0.4) is 0 Å². The van der Waals surface area contributed by atoms with Crippen LogP contribution in [0.2, 0.25) is 0 Å². The SMILES string of the molecule is CC(C)(C)OC(=O)N1C[C@H](O)C[C@H]1C(=O)Nn1c(-c2ccccc2)c2c3c(cccc31)C(=O)NN=C2. The van der Waals surface area contributed by atoms with Crippen LogP contribution in [0.15, 0.2) is 53.6 Å². The monoisotopic (exact) mass is 489 g/mol. The first-order valence-electron chi connectivity index (χ1n) is 11.7. The first-order chi connectivity index (χ1) is 17.1. The summed E-state index contributed by atoms with van der Waals surface area (Å²) < 4.78 is 7.08. The van der Waals surface area contributed by atoms with Gasteiger partial charge >= 0.3 is 6.09 Å². The molecule has 3 N–H and O–H groups in total. The summed E-state index contributed by atoms with van der Waals surface area (Å²) in [5.74, 6) is -0.837. The Hall–Kier alpha value is -4.18. The summed E-state index contributed by atoms with van der Waals surface area (Å²) in [4.78, 5) is 40.3. The first-order valence-corrected chi connectivity index (χ1v) is 11.7. The van der Waals surface area contributed by atoms with Gasteiger partial charge in [0.1, 0.15) is 11.6 Å². The van der Waals surface area contributed by atoms with E-state index in [1.165, 1.54) is 4.90 Å². The van der Waals surface area contributed by atoms with Crippen LogP contribution in [-0.2, 0) is 9.53 Å². The Morgan fingerprint density at radius 1 is 1.14 bits per heavy atom. The van der Waals surface area contributed by atoms with Gasteiger partial charge in [0.05, 0.1) is 35.6 Å². The van der Waals surface area contributed by atoms with E-state index in [1.54, 1.807) is 49.9 Å². The number of amides is 3. The van der Waals surface area contributed by atoms with Gasteiger partial charge in [-0.25, -0.2) is 10.2 Å². The molecule has 0 aliphatic carbocycles. The molecule has 36 heavy (non-hydrogen) atoms. The standard InChI is InChI=1S/C26H27N5O5/c1-26(2,3)36-25(35)30-14-16(32)12-20(30)24(34)29-31-19-11-7-10-17-21(19)18(13-27-28-23(17)33)22(31)15-8-5-4-6-9-15/h4-11,13,16,20,32H,12,14H2,1-3H3,(H,28,33)(H,29,34)/t16-,20+/m1/s1. The van der Waals surface area contributed by atoms with Crippen molar-refractivity contribution in [3.63, 3.8) is 0 Å². The zero-order valence-electron chi connectivity index (χ0n) is 20.2. The Balaban J connectivity index is 1.60. The van der Waals surface area contributed by atoms with Crippen LogP contribution in [0.4, 0.5) is 4.79 Å². The number of likely N-dealkylation sites (tertiary alicyclic amines) is 1. The predicted molar refractivity (Wildman–Crippen MR) is 134 cm³/mol. The van der Waals surface area contributed by atoms with Crippen LogP contribution in [0.1, 0.15) is 43.1 Å². The number of aromatic nitrogens is 1. The van der Waals surface area contributed by atoms with Crippen molar-refractivity contribution >= 4 is 35.0 Å². The molecule has 0 spiro atoms. The number of ether oxygens (including phenoxy) is 1. The fourth-order valence-electron chi connectivity index (χ4n) is 4.67. The van der Waals surface area contributed by atoms with E-state index >= 15 is 0 Å². The highest BCUT2D eigenvalue weighted by molar-refractivity contribution is 6.17. The molecular formula is C26H27N5O5. The van der Waals surface area contributed by atoms with E-state index in [0.717, 1.165) is 5.56 Å². The van der Waals surface area contributed by atoms with Crippen molar-refractivity contribution in [3.8, 4) is 11.3 Å². The highest BCUT2D eigenvalue weighted by atomic mass is 16.6. The number of hydrogen-bond acceptors (Lipinski definition) is 6. The molecule has 0 radical (unpaired) electrons. The van der Waals surface area contributed by atoms with Gasteiger partial charge in [0, 0.05) is 22.9 Å². The number of carbonyl (C=O) groups is 3. The molecule has 1 fully saturated rings. The number of carbonyl (C=O) groups excluding carboxylic acids is 3. The lowest BCUT2D eigenvalue weighted by atomic mass is 10.0. The largest absolute Gasteiger partial charge is 0.444 e. The Bertz CT molecular complexity index is 1390. The van der Waals surface area contributed by atoms with Crippen molar-refractivity contribution in [1.29, 1.82) is 0 Å². The Labute approximate surface area is 207 Å². The molecular weight excluding hydrogens is 462 g/mol. The maximum Gasteiger partial charge on any atom is 0.411 e. The van der Waals surface area contributed by atoms with Crippen molar-refractivity contribution < 1.29 is 24.2 Å². The second kappa shape index (κ2) is 8.80. The van der Waals surface area contributed by atoms with Gasteiger partial charge in [0.15, 0.2) is 0 Å². The van der Waals surface area contributed by atoms with Crippen LogP contribution < -0.4 is 10.9 Å². The van der Waals surface area contributed by atoms with Crippen molar-refractivity contribution in [3.05, 3.63) is 59.7 Å². The lowest BCUT2D eigenvalue weighted by Gasteiger charge is -2.28. The quantitative estimate of drug-likeness (QED) is 0.522. The Morgan fingerprint density at radius 3 is 2.61 bits per heavy atom. The molecule has 5 rings (SSSR count). The summed E-state index contributed by atoms with van der Waals surface area (Å²) in [6.07, 6.45) is 0.119. The van der Waals surface area contributed by atoms with Gasteiger partial charge in [-0.05, 0) is 32.9 Å². The number of nitrogens with one attached hydrogen (secondary N) is 2. The van der Waals surface area contributed by atoms with Gasteiger partial charge in [-0.2, -0.15) is 5.10 Å². The van der Waals surface area contributed by atoms with E-state index in [2.05, 4.69) is 16.0 Å². The normalized spacial score (nSPS) is 19.2. The number of hydrazone groups is 1. The van der Waals surface area contributed by atoms with Gasteiger partial charge < -0.3 is 9.84 Å². The summed E-state index contributed by atoms with van der Waals surface area (Å²) in [7, 11) is 0. The van der Waals surface area contributed by atoms with Crippen molar-refractivity contribution in [2.45, 2.75) is 44.9 Å². The van der Waals surface area contributed by atoms with Crippen LogP contribution >= 0.6 is 0 Å². The molecule has 10 heteroatoms. The van der Waals surface area contributed by atoms with Crippen molar-refractivity contribution in [2.75, 3.05) is 12.0 Å². The minimum Gasteiger partial charge on any atom is -0.444 e. The summed E-state index contributed by atoms with van der Waals surface area (Å²) in [6.45, 7) is 5.22. The number of aliphatic hydroxyl groups is 1. The van der Waals surface area contributed by atoms with Gasteiger partial charge in [0.25, 0.3) is 11.8 Å². The minimum atomic E-state index is -0.938. The molecule has 3 amide bonds. The summed E-state index contributed by atoms with van der Waals surface area (Å²) >= 11 is 0. The number of aliphatic hydroxyl groups excluding tert-OH is 1. The Kier molecular flexibility index (Phi) is 5.76. The number of β-amino-alcohol motifs (C(OH)–C–C–N with tert-alkyl or cyclic N) is 1. The van der Waals surface area contributed by atoms with E-state index in [1.807, 2.05) is 30.3 Å². The topological polar surface area (TPSA) is 125 Å². The van der Waals surface area contributed by atoms with Crippen molar-refractivity contribution in [1.82, 2.24) is 15.0 Å². The average molecular weight is 490 g/mol. The molecule has 3 heterocycles. The molecule has 10 nitrogen and oxygen atoms in total. The van der Waals surface area contributed by atoms with Crippen LogP contribution in [0.25, 0.3) is 22.2 Å².